The smallest absolute Gasteiger partial charge is 0.245 e. The molecule has 4 aromatic rings. The number of carbonyl (C=O) groups is 2. The summed E-state index contributed by atoms with van der Waals surface area (Å²) < 4.78 is 0. The zero-order valence-corrected chi connectivity index (χ0v) is 19.4. The number of aromatic amines is 1. The molecule has 2 N–H and O–H groups in total. The van der Waals surface area contributed by atoms with Gasteiger partial charge in [-0.25, -0.2) is 0 Å². The van der Waals surface area contributed by atoms with Crippen LogP contribution in [0.3, 0.4) is 0 Å². The van der Waals surface area contributed by atoms with Gasteiger partial charge in [-0.2, -0.15) is 0 Å². The average Bonchev–Trinajstić information content (AvgIpc) is 3.26. The number of para-hydroxylation sites is 1. The van der Waals surface area contributed by atoms with Crippen molar-refractivity contribution in [2.45, 2.75) is 31.2 Å². The van der Waals surface area contributed by atoms with Crippen LogP contribution in [0.15, 0.2) is 72.9 Å². The lowest BCUT2D eigenvalue weighted by Gasteiger charge is -2.25. The summed E-state index contributed by atoms with van der Waals surface area (Å²) in [6.45, 7) is 2.93. The van der Waals surface area contributed by atoms with E-state index in [9.17, 15) is 9.59 Å². The number of aromatic nitrogens is 1. The van der Waals surface area contributed by atoms with Crippen molar-refractivity contribution in [3.8, 4) is 0 Å². The molecule has 0 radical (unpaired) electrons. The number of benzene rings is 3. The van der Waals surface area contributed by atoms with E-state index < -0.39 is 6.04 Å². The fourth-order valence-corrected chi connectivity index (χ4v) is 5.70. The van der Waals surface area contributed by atoms with E-state index in [4.69, 9.17) is 0 Å². The Morgan fingerprint density at radius 1 is 0.939 bits per heavy atom. The highest BCUT2D eigenvalue weighted by atomic mass is 32.2. The van der Waals surface area contributed by atoms with Gasteiger partial charge in [-0.15, -0.1) is 11.8 Å². The number of nitrogens with one attached hydrogen (secondary N) is 2. The molecule has 0 bridgehead atoms. The van der Waals surface area contributed by atoms with Crippen LogP contribution in [-0.4, -0.2) is 45.3 Å². The van der Waals surface area contributed by atoms with Gasteiger partial charge in [0.25, 0.3) is 0 Å². The number of nitrogens with zero attached hydrogens (tertiary/aromatic N) is 1. The summed E-state index contributed by atoms with van der Waals surface area (Å²) in [6.07, 6.45) is 2.62. The maximum absolute atomic E-state index is 13.2. The van der Waals surface area contributed by atoms with Crippen LogP contribution in [0.2, 0.25) is 0 Å². The molecule has 6 heteroatoms. The summed E-state index contributed by atoms with van der Waals surface area (Å²) in [4.78, 5) is 31.5. The second kappa shape index (κ2) is 9.32. The molecular weight excluding hydrogens is 430 g/mol. The molecule has 0 spiro atoms. The van der Waals surface area contributed by atoms with Crippen LogP contribution in [0.4, 0.5) is 0 Å². The van der Waals surface area contributed by atoms with Gasteiger partial charge in [0.1, 0.15) is 6.04 Å². The number of hydrogen-bond acceptors (Lipinski definition) is 3. The van der Waals surface area contributed by atoms with Crippen molar-refractivity contribution in [3.63, 3.8) is 0 Å². The van der Waals surface area contributed by atoms with Crippen molar-refractivity contribution in [1.29, 1.82) is 0 Å². The van der Waals surface area contributed by atoms with Crippen molar-refractivity contribution in [3.05, 3.63) is 84.1 Å². The fraction of sp³-hybridized carbons (Fsp3) is 0.259. The summed E-state index contributed by atoms with van der Waals surface area (Å²) in [5, 5.41) is 6.21. The van der Waals surface area contributed by atoms with Crippen LogP contribution in [-0.2, 0) is 22.6 Å². The molecular formula is C27H27N3O2S. The Kier molecular flexibility index (Phi) is 6.09. The lowest BCUT2D eigenvalue weighted by atomic mass is 10.0. The van der Waals surface area contributed by atoms with Crippen molar-refractivity contribution in [2.75, 3.05) is 12.3 Å². The van der Waals surface area contributed by atoms with Crippen LogP contribution in [0.5, 0.6) is 0 Å². The fourth-order valence-electron chi connectivity index (χ4n) is 4.58. The Labute approximate surface area is 197 Å². The quantitative estimate of drug-likeness (QED) is 0.474. The topological polar surface area (TPSA) is 65.2 Å². The van der Waals surface area contributed by atoms with E-state index in [1.165, 1.54) is 5.39 Å². The van der Waals surface area contributed by atoms with Gasteiger partial charge in [0.15, 0.2) is 0 Å². The molecule has 1 aliphatic heterocycles. The van der Waals surface area contributed by atoms with E-state index in [1.807, 2.05) is 47.5 Å². The molecule has 0 unspecified atom stereocenters. The van der Waals surface area contributed by atoms with Gasteiger partial charge in [0, 0.05) is 35.9 Å². The number of H-pyrrole nitrogens is 1. The van der Waals surface area contributed by atoms with Crippen molar-refractivity contribution < 1.29 is 9.59 Å². The summed E-state index contributed by atoms with van der Waals surface area (Å²) in [7, 11) is 0. The molecule has 0 saturated carbocycles. The largest absolute Gasteiger partial charge is 0.361 e. The van der Waals surface area contributed by atoms with E-state index in [1.54, 1.807) is 18.7 Å². The van der Waals surface area contributed by atoms with Crippen LogP contribution < -0.4 is 5.32 Å². The number of carbonyl (C=O) groups excluding carboxylic acids is 2. The van der Waals surface area contributed by atoms with Gasteiger partial charge in [-0.1, -0.05) is 60.7 Å². The third kappa shape index (κ3) is 4.48. The van der Waals surface area contributed by atoms with E-state index in [-0.39, 0.29) is 17.1 Å². The van der Waals surface area contributed by atoms with Gasteiger partial charge in [0.05, 0.1) is 5.25 Å². The lowest BCUT2D eigenvalue weighted by Crippen LogP contribution is -2.48. The molecule has 1 aliphatic rings. The molecule has 2 heterocycles. The van der Waals surface area contributed by atoms with Crippen LogP contribution in [0, 0.1) is 0 Å². The third-order valence-corrected chi connectivity index (χ3v) is 7.54. The minimum absolute atomic E-state index is 0.0374. The first kappa shape index (κ1) is 21.6. The molecule has 1 fully saturated rings. The number of amides is 2. The zero-order chi connectivity index (χ0) is 22.8. The molecule has 3 aromatic carbocycles. The number of rotatable bonds is 4. The minimum Gasteiger partial charge on any atom is -0.361 e. The maximum Gasteiger partial charge on any atom is 0.245 e. The van der Waals surface area contributed by atoms with Gasteiger partial charge >= 0.3 is 0 Å². The minimum atomic E-state index is -0.559. The summed E-state index contributed by atoms with van der Waals surface area (Å²) in [6, 6.07) is 22.0. The lowest BCUT2D eigenvalue weighted by molar-refractivity contribution is -0.136. The van der Waals surface area contributed by atoms with Crippen LogP contribution in [0.25, 0.3) is 21.7 Å². The predicted octanol–water partition coefficient (Wildman–Crippen LogP) is 4.51. The van der Waals surface area contributed by atoms with Gasteiger partial charge in [0.2, 0.25) is 11.8 Å². The molecule has 33 heavy (non-hydrogen) atoms. The molecule has 5 rings (SSSR count). The maximum atomic E-state index is 13.2. The van der Waals surface area contributed by atoms with Crippen molar-refractivity contribution in [1.82, 2.24) is 15.2 Å². The Morgan fingerprint density at radius 3 is 2.58 bits per heavy atom. The Morgan fingerprint density at radius 2 is 1.70 bits per heavy atom. The van der Waals surface area contributed by atoms with Gasteiger partial charge in [-0.3, -0.25) is 9.59 Å². The van der Waals surface area contributed by atoms with Crippen molar-refractivity contribution >= 4 is 45.3 Å². The Hall–Kier alpha value is -3.25. The number of hydrogen-bond donors (Lipinski definition) is 2. The van der Waals surface area contributed by atoms with E-state index in [0.29, 0.717) is 25.3 Å². The van der Waals surface area contributed by atoms with Crippen LogP contribution in [0.1, 0.15) is 18.1 Å². The SMILES string of the molecule is C[C@H]1NC(=O)[C@@H](Cc2c[nH]c3ccccc23)SCCN(Cc2cccc3ccccc23)C1=O. The van der Waals surface area contributed by atoms with Crippen LogP contribution >= 0.6 is 11.8 Å². The van der Waals surface area contributed by atoms with E-state index >= 15 is 0 Å². The summed E-state index contributed by atoms with van der Waals surface area (Å²) >= 11 is 1.63. The first-order chi connectivity index (χ1) is 16.1. The first-order valence-corrected chi connectivity index (χ1v) is 12.4. The monoisotopic (exact) mass is 457 g/mol. The predicted molar refractivity (Wildman–Crippen MR) is 135 cm³/mol. The van der Waals surface area contributed by atoms with E-state index in [2.05, 4.69) is 40.6 Å². The Balaban J connectivity index is 1.35. The summed E-state index contributed by atoms with van der Waals surface area (Å²) in [5.41, 5.74) is 3.33. The van der Waals surface area contributed by atoms with Crippen molar-refractivity contribution in [2.24, 2.45) is 0 Å². The standard InChI is InChI=1S/C27H27N3O2S/c1-18-27(32)30(17-20-9-6-8-19-7-2-3-10-22(19)20)13-14-33-25(26(31)29-18)15-21-16-28-24-12-5-4-11-23(21)24/h2-12,16,18,25,28H,13-15,17H2,1H3,(H,29,31)/t18-,25-/m1/s1. The zero-order valence-electron chi connectivity index (χ0n) is 18.6. The number of thioether (sulfide) groups is 1. The highest BCUT2D eigenvalue weighted by Gasteiger charge is 2.29. The second-order valence-corrected chi connectivity index (χ2v) is 9.86. The molecule has 2 atom stereocenters. The highest BCUT2D eigenvalue weighted by Crippen LogP contribution is 2.26. The Bertz CT molecular complexity index is 1310. The molecule has 1 saturated heterocycles. The normalized spacial score (nSPS) is 19.8. The molecule has 1 aromatic heterocycles. The van der Waals surface area contributed by atoms with Gasteiger partial charge < -0.3 is 15.2 Å². The molecule has 168 valence electrons. The highest BCUT2D eigenvalue weighted by molar-refractivity contribution is 8.00. The van der Waals surface area contributed by atoms with E-state index in [0.717, 1.165) is 27.4 Å². The second-order valence-electron chi connectivity index (χ2n) is 8.55. The molecule has 5 nitrogen and oxygen atoms in total. The number of fused-ring (bicyclic) bond motifs is 2. The average molecular weight is 458 g/mol. The molecule has 2 amide bonds. The molecule has 0 aliphatic carbocycles. The summed E-state index contributed by atoms with van der Waals surface area (Å²) in [5.74, 6) is 0.603. The first-order valence-electron chi connectivity index (χ1n) is 11.3. The third-order valence-electron chi connectivity index (χ3n) is 6.33. The van der Waals surface area contributed by atoms with Gasteiger partial charge in [-0.05, 0) is 41.3 Å².